The van der Waals surface area contributed by atoms with Gasteiger partial charge in [0.15, 0.2) is 0 Å². The van der Waals surface area contributed by atoms with Crippen LogP contribution in [0.25, 0.3) is 21.8 Å². The molecule has 0 atom stereocenters. The van der Waals surface area contributed by atoms with Gasteiger partial charge in [0.05, 0.1) is 23.8 Å². The lowest BCUT2D eigenvalue weighted by atomic mass is 10.2. The van der Waals surface area contributed by atoms with Crippen LogP contribution >= 0.6 is 43.6 Å². The molecule has 2 aromatic carbocycles. The van der Waals surface area contributed by atoms with Crippen LogP contribution in [0.5, 0.6) is 0 Å². The molecule has 0 amide bonds. The number of hydrogen-bond donors (Lipinski definition) is 4. The van der Waals surface area contributed by atoms with E-state index in [4.69, 9.17) is 11.8 Å². The predicted molar refractivity (Wildman–Crippen MR) is 127 cm³/mol. The van der Waals surface area contributed by atoms with Gasteiger partial charge in [-0.2, -0.15) is 10.2 Å². The highest BCUT2D eigenvalue weighted by Crippen LogP contribution is 2.20. The standard InChI is InChI=1S/C19H14Br2ClN7/c20-13-3-1-11-5-15(25-17(11)7-13)9-23-28-19(27-22)29-24-10-16-6-12-2-4-14(21)8-18(12)26-16/h1-10,25-26H,(H2,27,28,29)/b23-9+,24-10+. The average Bonchev–Trinajstić information content (AvgIpc) is 3.29. The van der Waals surface area contributed by atoms with Crippen molar-refractivity contribution < 1.29 is 0 Å². The number of hydrazone groups is 2. The van der Waals surface area contributed by atoms with Crippen LogP contribution in [0.15, 0.2) is 72.2 Å². The van der Waals surface area contributed by atoms with Gasteiger partial charge in [0.25, 0.3) is 0 Å². The molecule has 10 heteroatoms. The van der Waals surface area contributed by atoms with E-state index in [1.54, 1.807) is 12.4 Å². The fourth-order valence-electron chi connectivity index (χ4n) is 2.77. The summed E-state index contributed by atoms with van der Waals surface area (Å²) < 4.78 is 5.58. The van der Waals surface area contributed by atoms with Crippen LogP contribution in [-0.4, -0.2) is 28.4 Å². The summed E-state index contributed by atoms with van der Waals surface area (Å²) in [5, 5.41) is 10.4. The van der Waals surface area contributed by atoms with Gasteiger partial charge in [0.1, 0.15) is 0 Å². The van der Waals surface area contributed by atoms with E-state index in [0.717, 1.165) is 42.1 Å². The molecule has 0 saturated carbocycles. The molecule has 0 unspecified atom stereocenters. The SMILES string of the molecule is ClN=C(N/N=C/c1cc2ccc(Br)cc2[nH]1)N/N=C/c1cc2ccc(Br)cc2[nH]1. The zero-order valence-corrected chi connectivity index (χ0v) is 18.7. The molecule has 0 fully saturated rings. The van der Waals surface area contributed by atoms with Gasteiger partial charge in [0.2, 0.25) is 5.96 Å². The molecular formula is C19H14Br2ClN7. The Hall–Kier alpha value is -2.62. The van der Waals surface area contributed by atoms with Crippen molar-refractivity contribution in [3.63, 3.8) is 0 Å². The van der Waals surface area contributed by atoms with E-state index >= 15 is 0 Å². The van der Waals surface area contributed by atoms with E-state index in [1.807, 2.05) is 48.5 Å². The molecule has 4 rings (SSSR count). The van der Waals surface area contributed by atoms with Gasteiger partial charge in [-0.05, 0) is 36.4 Å². The third kappa shape index (κ3) is 4.87. The number of rotatable bonds is 4. The first-order valence-electron chi connectivity index (χ1n) is 8.44. The second kappa shape index (κ2) is 8.81. The number of nitrogens with zero attached hydrogens (tertiary/aromatic N) is 3. The van der Waals surface area contributed by atoms with Gasteiger partial charge in [-0.1, -0.05) is 44.0 Å². The lowest BCUT2D eigenvalue weighted by molar-refractivity contribution is 0.910. The zero-order valence-electron chi connectivity index (χ0n) is 14.7. The Balaban J connectivity index is 1.37. The number of aromatic amines is 2. The van der Waals surface area contributed by atoms with Crippen molar-refractivity contribution in [1.82, 2.24) is 20.8 Å². The fourth-order valence-corrected chi connectivity index (χ4v) is 3.57. The Kier molecular flexibility index (Phi) is 5.98. The van der Waals surface area contributed by atoms with E-state index in [2.05, 4.69) is 67.4 Å². The highest BCUT2D eigenvalue weighted by Gasteiger charge is 2.01. The molecule has 0 saturated heterocycles. The van der Waals surface area contributed by atoms with E-state index in [1.165, 1.54) is 0 Å². The topological polar surface area (TPSA) is 92.7 Å². The van der Waals surface area contributed by atoms with Crippen LogP contribution in [0.2, 0.25) is 0 Å². The molecule has 7 nitrogen and oxygen atoms in total. The van der Waals surface area contributed by atoms with Crippen LogP contribution in [0, 0.1) is 0 Å². The smallest absolute Gasteiger partial charge is 0.250 e. The molecule has 2 heterocycles. The molecule has 0 radical (unpaired) electrons. The average molecular weight is 536 g/mol. The monoisotopic (exact) mass is 533 g/mol. The second-order valence-corrected chi connectivity index (χ2v) is 8.09. The van der Waals surface area contributed by atoms with Crippen LogP contribution < -0.4 is 10.9 Å². The number of halogens is 3. The largest absolute Gasteiger partial charge is 0.354 e. The molecular weight excluding hydrogens is 522 g/mol. The Morgan fingerprint density at radius 2 is 1.28 bits per heavy atom. The van der Waals surface area contributed by atoms with Gasteiger partial charge in [0, 0.05) is 42.5 Å². The number of fused-ring (bicyclic) bond motifs is 2. The molecule has 146 valence electrons. The normalized spacial score (nSPS) is 11.7. The van der Waals surface area contributed by atoms with E-state index in [0.29, 0.717) is 0 Å². The Labute approximate surface area is 187 Å². The summed E-state index contributed by atoms with van der Waals surface area (Å²) in [7, 11) is 0. The molecule has 2 aromatic heterocycles. The van der Waals surface area contributed by atoms with Gasteiger partial charge >= 0.3 is 0 Å². The minimum atomic E-state index is 0.192. The third-order valence-corrected chi connectivity index (χ3v) is 5.20. The molecule has 0 aliphatic heterocycles. The maximum absolute atomic E-state index is 5.58. The zero-order chi connectivity index (χ0) is 20.2. The summed E-state index contributed by atoms with van der Waals surface area (Å²) in [6, 6.07) is 16.0. The predicted octanol–water partition coefficient (Wildman–Crippen LogP) is 5.23. The van der Waals surface area contributed by atoms with Crippen molar-refractivity contribution in [1.29, 1.82) is 0 Å². The molecule has 0 aliphatic rings. The van der Waals surface area contributed by atoms with Gasteiger partial charge in [-0.25, -0.2) is 10.9 Å². The van der Waals surface area contributed by atoms with Crippen LogP contribution in [0.4, 0.5) is 0 Å². The van der Waals surface area contributed by atoms with Crippen molar-refractivity contribution in [2.75, 3.05) is 0 Å². The number of nitrogens with one attached hydrogen (secondary N) is 4. The number of H-pyrrole nitrogens is 2. The first-order chi connectivity index (χ1) is 14.1. The minimum absolute atomic E-state index is 0.192. The summed E-state index contributed by atoms with van der Waals surface area (Å²) in [5.41, 5.74) is 9.13. The summed E-state index contributed by atoms with van der Waals surface area (Å²) in [4.78, 5) is 6.52. The lowest BCUT2D eigenvalue weighted by Gasteiger charge is -2.00. The number of hydrogen-bond acceptors (Lipinski definition) is 3. The molecule has 29 heavy (non-hydrogen) atoms. The molecule has 0 aliphatic carbocycles. The second-order valence-electron chi connectivity index (χ2n) is 6.09. The summed E-state index contributed by atoms with van der Waals surface area (Å²) in [6.45, 7) is 0. The maximum Gasteiger partial charge on any atom is 0.250 e. The molecule has 4 N–H and O–H groups in total. The van der Waals surface area contributed by atoms with Crippen molar-refractivity contribution in [2.24, 2.45) is 14.7 Å². The van der Waals surface area contributed by atoms with E-state index in [9.17, 15) is 0 Å². The first kappa shape index (κ1) is 19.7. The Morgan fingerprint density at radius 1 is 0.793 bits per heavy atom. The van der Waals surface area contributed by atoms with E-state index in [-0.39, 0.29) is 5.96 Å². The van der Waals surface area contributed by atoms with Gasteiger partial charge in [-0.15, -0.1) is 4.51 Å². The van der Waals surface area contributed by atoms with E-state index < -0.39 is 0 Å². The molecule has 0 bridgehead atoms. The molecule has 0 spiro atoms. The highest BCUT2D eigenvalue weighted by atomic mass is 79.9. The first-order valence-corrected chi connectivity index (χ1v) is 10.4. The van der Waals surface area contributed by atoms with Crippen LogP contribution in [-0.2, 0) is 0 Å². The Bertz CT molecular complexity index is 1160. The minimum Gasteiger partial charge on any atom is -0.354 e. The lowest BCUT2D eigenvalue weighted by Crippen LogP contribution is -2.30. The summed E-state index contributed by atoms with van der Waals surface area (Å²) in [6.07, 6.45) is 3.27. The number of aromatic nitrogens is 2. The summed E-state index contributed by atoms with van der Waals surface area (Å²) >= 11 is 12.5. The van der Waals surface area contributed by atoms with Gasteiger partial charge in [-0.3, -0.25) is 0 Å². The fraction of sp³-hybridized carbons (Fsp3) is 0. The Morgan fingerprint density at radius 3 is 1.72 bits per heavy atom. The molecule has 4 aromatic rings. The maximum atomic E-state index is 5.58. The van der Waals surface area contributed by atoms with Crippen LogP contribution in [0.1, 0.15) is 11.4 Å². The van der Waals surface area contributed by atoms with Crippen molar-refractivity contribution in [3.8, 4) is 0 Å². The number of guanidine groups is 1. The number of benzene rings is 2. The van der Waals surface area contributed by atoms with Gasteiger partial charge < -0.3 is 9.97 Å². The third-order valence-electron chi connectivity index (χ3n) is 4.04. The van der Waals surface area contributed by atoms with Crippen molar-refractivity contribution in [3.05, 3.63) is 68.9 Å². The quantitative estimate of drug-likeness (QED) is 0.164. The van der Waals surface area contributed by atoms with Crippen LogP contribution in [0.3, 0.4) is 0 Å². The summed E-state index contributed by atoms with van der Waals surface area (Å²) in [5.74, 6) is 0.192. The van der Waals surface area contributed by atoms with Crippen molar-refractivity contribution in [2.45, 2.75) is 0 Å². The van der Waals surface area contributed by atoms with Crippen molar-refractivity contribution >= 4 is 83.8 Å². The highest BCUT2D eigenvalue weighted by molar-refractivity contribution is 9.10.